The SMILES string of the molecule is CC(CO[Si](C)(C)C)C(C)([SiH3])C(C)(OC(C)(C(C)C)C(C)([SiH3])C(C)CO[Si](C)(C)C)C(C)C. The summed E-state index contributed by atoms with van der Waals surface area (Å²) in [6.07, 6.45) is 0. The van der Waals surface area contributed by atoms with Gasteiger partial charge in [-0.1, -0.05) is 55.4 Å². The summed E-state index contributed by atoms with van der Waals surface area (Å²) in [5.41, 5.74) is -0.461. The average Bonchev–Trinajstić information content (AvgIpc) is 2.61. The fourth-order valence-corrected chi connectivity index (χ4v) is 7.76. The first-order chi connectivity index (χ1) is 14.3. The molecule has 3 nitrogen and oxygen atoms in total. The van der Waals surface area contributed by atoms with Gasteiger partial charge < -0.3 is 13.6 Å². The summed E-state index contributed by atoms with van der Waals surface area (Å²) in [7, 11) is -0.982. The second-order valence-electron chi connectivity index (χ2n) is 14.7. The second-order valence-corrected chi connectivity index (χ2v) is 27.9. The molecule has 0 N–H and O–H groups in total. The molecule has 0 aliphatic carbocycles. The molecule has 0 saturated heterocycles. The molecule has 200 valence electrons. The topological polar surface area (TPSA) is 27.7 Å². The Morgan fingerprint density at radius 2 is 0.818 bits per heavy atom. The minimum absolute atomic E-state index is 0.0899. The van der Waals surface area contributed by atoms with Crippen molar-refractivity contribution in [3.63, 3.8) is 0 Å². The van der Waals surface area contributed by atoms with Gasteiger partial charge in [0.2, 0.25) is 0 Å². The lowest BCUT2D eigenvalue weighted by atomic mass is 9.69. The number of rotatable bonds is 14. The predicted octanol–water partition coefficient (Wildman–Crippen LogP) is 5.90. The summed E-state index contributed by atoms with van der Waals surface area (Å²) in [5, 5.41) is 0.180. The van der Waals surface area contributed by atoms with E-state index in [2.05, 4.69) is 109 Å². The van der Waals surface area contributed by atoms with Crippen LogP contribution < -0.4 is 0 Å². The molecule has 33 heavy (non-hydrogen) atoms. The van der Waals surface area contributed by atoms with Gasteiger partial charge in [0, 0.05) is 33.7 Å². The summed E-state index contributed by atoms with van der Waals surface area (Å²) in [4.78, 5) is 0. The Balaban J connectivity index is 6.22. The molecule has 0 aliphatic rings. The van der Waals surface area contributed by atoms with Gasteiger partial charge in [-0.15, -0.1) is 0 Å². The van der Waals surface area contributed by atoms with E-state index in [1.54, 1.807) is 0 Å². The van der Waals surface area contributed by atoms with E-state index in [0.717, 1.165) is 33.7 Å². The maximum atomic E-state index is 7.57. The van der Waals surface area contributed by atoms with Gasteiger partial charge in [0.25, 0.3) is 0 Å². The molecule has 0 saturated carbocycles. The molecule has 7 heteroatoms. The van der Waals surface area contributed by atoms with Crippen molar-refractivity contribution in [2.24, 2.45) is 23.7 Å². The van der Waals surface area contributed by atoms with Crippen molar-refractivity contribution in [2.45, 2.75) is 130 Å². The molecule has 0 rings (SSSR count). The lowest BCUT2D eigenvalue weighted by Gasteiger charge is -2.60. The Kier molecular flexibility index (Phi) is 11.7. The molecule has 0 spiro atoms. The number of hydrogen-bond donors (Lipinski definition) is 0. The van der Waals surface area contributed by atoms with Gasteiger partial charge in [-0.2, -0.15) is 0 Å². The van der Waals surface area contributed by atoms with Crippen molar-refractivity contribution < 1.29 is 13.6 Å². The van der Waals surface area contributed by atoms with Crippen LogP contribution in [0.3, 0.4) is 0 Å². The van der Waals surface area contributed by atoms with E-state index in [1.807, 2.05) is 0 Å². The van der Waals surface area contributed by atoms with E-state index < -0.39 is 16.6 Å². The monoisotopic (exact) mass is 534 g/mol. The fourth-order valence-electron chi connectivity index (χ4n) is 4.57. The standard InChI is InChI=1S/C26H62O3Si4/c1-19(2)23(7,25(9,30)21(5)17-27-32(11,12)13)29-24(8,20(3)4)26(10,31)22(6)18-28-33(14,15)16/h19-22H,17-18H2,1-16,30-31H3. The maximum Gasteiger partial charge on any atom is 0.183 e. The highest BCUT2D eigenvalue weighted by molar-refractivity contribution is 6.70. The van der Waals surface area contributed by atoms with Gasteiger partial charge >= 0.3 is 0 Å². The zero-order chi connectivity index (χ0) is 26.8. The van der Waals surface area contributed by atoms with Gasteiger partial charge in [0.05, 0.1) is 11.2 Å². The quantitative estimate of drug-likeness (QED) is 0.260. The van der Waals surface area contributed by atoms with Gasteiger partial charge in [-0.3, -0.25) is 0 Å². The van der Waals surface area contributed by atoms with Crippen molar-refractivity contribution in [1.29, 1.82) is 0 Å². The largest absolute Gasteiger partial charge is 0.417 e. The predicted molar refractivity (Wildman–Crippen MR) is 161 cm³/mol. The molecule has 0 aromatic rings. The molecule has 0 bridgehead atoms. The van der Waals surface area contributed by atoms with Crippen molar-refractivity contribution in [3.05, 3.63) is 0 Å². The Morgan fingerprint density at radius 1 is 0.576 bits per heavy atom. The van der Waals surface area contributed by atoms with Crippen LogP contribution in [-0.4, -0.2) is 61.5 Å². The van der Waals surface area contributed by atoms with Gasteiger partial charge in [-0.25, -0.2) is 0 Å². The molecule has 0 radical (unpaired) electrons. The summed E-state index contributed by atoms with van der Waals surface area (Å²) in [6.45, 7) is 39.3. The van der Waals surface area contributed by atoms with E-state index in [-0.39, 0.29) is 21.3 Å². The highest BCUT2D eigenvalue weighted by Crippen LogP contribution is 2.57. The fraction of sp³-hybridized carbons (Fsp3) is 1.00. The maximum absolute atomic E-state index is 7.57. The molecule has 0 aromatic carbocycles. The third kappa shape index (κ3) is 8.39. The van der Waals surface area contributed by atoms with Gasteiger partial charge in [0.1, 0.15) is 0 Å². The molecule has 0 fully saturated rings. The zero-order valence-electron chi connectivity index (χ0n) is 25.9. The van der Waals surface area contributed by atoms with E-state index in [9.17, 15) is 0 Å². The molecule has 0 aromatic heterocycles. The third-order valence-corrected chi connectivity index (χ3v) is 15.2. The van der Waals surface area contributed by atoms with E-state index >= 15 is 0 Å². The molecule has 0 amide bonds. The highest BCUT2D eigenvalue weighted by Gasteiger charge is 2.56. The van der Waals surface area contributed by atoms with Crippen LogP contribution in [0.4, 0.5) is 0 Å². The number of ether oxygens (including phenoxy) is 1. The van der Waals surface area contributed by atoms with E-state index in [0.29, 0.717) is 23.7 Å². The van der Waals surface area contributed by atoms with Crippen molar-refractivity contribution in [1.82, 2.24) is 0 Å². The van der Waals surface area contributed by atoms with Gasteiger partial charge in [-0.05, 0) is 86.9 Å². The normalized spacial score (nSPS) is 23.1. The molecule has 6 unspecified atom stereocenters. The summed E-state index contributed by atoms with van der Waals surface area (Å²) in [5.74, 6) is 1.73. The second kappa shape index (κ2) is 11.4. The van der Waals surface area contributed by atoms with Crippen molar-refractivity contribution in [3.8, 4) is 0 Å². The smallest absolute Gasteiger partial charge is 0.183 e. The van der Waals surface area contributed by atoms with Crippen LogP contribution in [0.15, 0.2) is 0 Å². The Morgan fingerprint density at radius 3 is 1.00 bits per heavy atom. The van der Waals surface area contributed by atoms with Gasteiger partial charge in [0.15, 0.2) is 16.6 Å². The molecule has 0 aliphatic heterocycles. The summed E-state index contributed by atoms with van der Waals surface area (Å²) < 4.78 is 20.4. The molecule has 0 heterocycles. The Bertz CT molecular complexity index is 556. The van der Waals surface area contributed by atoms with Crippen molar-refractivity contribution in [2.75, 3.05) is 13.2 Å². The van der Waals surface area contributed by atoms with E-state index in [4.69, 9.17) is 13.6 Å². The first-order valence-corrected chi connectivity index (χ1v) is 22.1. The van der Waals surface area contributed by atoms with E-state index in [1.165, 1.54) is 0 Å². The molecular formula is C26H62O3Si4. The first kappa shape index (κ1) is 33.7. The van der Waals surface area contributed by atoms with Crippen molar-refractivity contribution >= 4 is 37.1 Å². The Hall–Kier alpha value is 0.748. The van der Waals surface area contributed by atoms with Crippen LogP contribution in [0.5, 0.6) is 0 Å². The van der Waals surface area contributed by atoms with Crippen LogP contribution in [0, 0.1) is 23.7 Å². The lowest BCUT2D eigenvalue weighted by Crippen LogP contribution is -2.60. The third-order valence-electron chi connectivity index (χ3n) is 9.18. The van der Waals surface area contributed by atoms with Crippen LogP contribution >= 0.6 is 0 Å². The first-order valence-electron chi connectivity index (χ1n) is 13.3. The van der Waals surface area contributed by atoms with Crippen LogP contribution in [0.1, 0.15) is 69.2 Å². The minimum Gasteiger partial charge on any atom is -0.417 e. The minimum atomic E-state index is -1.55. The van der Waals surface area contributed by atoms with Crippen LogP contribution in [0.2, 0.25) is 49.4 Å². The highest BCUT2D eigenvalue weighted by atomic mass is 28.4. The summed E-state index contributed by atoms with van der Waals surface area (Å²) in [6, 6.07) is 0. The Labute approximate surface area is 217 Å². The summed E-state index contributed by atoms with van der Waals surface area (Å²) >= 11 is 0. The molecule has 6 atom stereocenters. The molecular weight excluding hydrogens is 473 g/mol. The average molecular weight is 535 g/mol. The van der Waals surface area contributed by atoms with Crippen LogP contribution in [-0.2, 0) is 13.6 Å². The van der Waals surface area contributed by atoms with Crippen LogP contribution in [0.25, 0.3) is 0 Å². The number of hydrogen-bond acceptors (Lipinski definition) is 3. The zero-order valence-corrected chi connectivity index (χ0v) is 31.9. The lowest BCUT2D eigenvalue weighted by molar-refractivity contribution is -0.225.